The Morgan fingerprint density at radius 3 is 3.18 bits per heavy atom. The average molecular weight is 303 g/mol. The van der Waals surface area contributed by atoms with Gasteiger partial charge in [0.25, 0.3) is 0 Å². The van der Waals surface area contributed by atoms with Crippen molar-refractivity contribution in [3.8, 4) is 0 Å². The molecule has 3 heterocycles. The number of hydrogen-bond acceptors (Lipinski definition) is 4. The van der Waals surface area contributed by atoms with Crippen LogP contribution >= 0.6 is 0 Å². The first-order chi connectivity index (χ1) is 10.7. The van der Waals surface area contributed by atoms with Crippen molar-refractivity contribution in [1.29, 1.82) is 0 Å². The van der Waals surface area contributed by atoms with Crippen LogP contribution in [-0.2, 0) is 6.54 Å². The summed E-state index contributed by atoms with van der Waals surface area (Å²) in [4.78, 5) is 14.2. The minimum absolute atomic E-state index is 0.00677. The fraction of sp³-hybridized carbons (Fsp3) is 0.533. The third kappa shape index (κ3) is 3.29. The number of rotatable bonds is 5. The summed E-state index contributed by atoms with van der Waals surface area (Å²) >= 11 is 0. The Kier molecular flexibility index (Phi) is 4.41. The molecule has 0 radical (unpaired) electrons. The largest absolute Gasteiger partial charge is 0.359 e. The Hall–Kier alpha value is -2.31. The summed E-state index contributed by atoms with van der Waals surface area (Å²) in [7, 11) is 0. The van der Waals surface area contributed by atoms with Crippen LogP contribution < -0.4 is 5.32 Å². The van der Waals surface area contributed by atoms with Crippen LogP contribution in [0, 0.1) is 6.92 Å². The highest BCUT2D eigenvalue weighted by Crippen LogP contribution is 2.32. The van der Waals surface area contributed by atoms with Gasteiger partial charge in [0.15, 0.2) is 5.76 Å². The normalized spacial score (nSPS) is 17.9. The molecule has 7 heteroatoms. The topological polar surface area (TPSA) is 76.2 Å². The Labute approximate surface area is 129 Å². The van der Waals surface area contributed by atoms with Gasteiger partial charge in [-0.3, -0.25) is 4.68 Å². The van der Waals surface area contributed by atoms with Crippen LogP contribution in [0.1, 0.15) is 36.8 Å². The van der Waals surface area contributed by atoms with Gasteiger partial charge in [0, 0.05) is 38.1 Å². The van der Waals surface area contributed by atoms with Gasteiger partial charge in [-0.2, -0.15) is 5.10 Å². The fourth-order valence-corrected chi connectivity index (χ4v) is 2.82. The molecule has 118 valence electrons. The zero-order chi connectivity index (χ0) is 15.4. The van der Waals surface area contributed by atoms with Crippen molar-refractivity contribution >= 4 is 6.03 Å². The number of aryl methyl sites for hydroxylation is 2. The number of nitrogens with one attached hydrogen (secondary N) is 1. The Morgan fingerprint density at radius 1 is 1.55 bits per heavy atom. The molecule has 1 saturated heterocycles. The summed E-state index contributed by atoms with van der Waals surface area (Å²) < 4.78 is 7.18. The maximum Gasteiger partial charge on any atom is 0.318 e. The molecule has 1 atom stereocenters. The van der Waals surface area contributed by atoms with E-state index in [-0.39, 0.29) is 12.1 Å². The molecular weight excluding hydrogens is 282 g/mol. The standard InChI is InChI=1S/C15H21N5O2/c1-12-11-14(22-18-12)13-5-2-10-20(13)15(21)16-6-3-8-19-9-4-7-17-19/h4,7,9,11,13H,2-3,5-6,8,10H2,1H3,(H,16,21). The zero-order valence-corrected chi connectivity index (χ0v) is 12.7. The van der Waals surface area contributed by atoms with Crippen LogP contribution in [0.4, 0.5) is 4.79 Å². The van der Waals surface area contributed by atoms with Crippen LogP contribution in [0.15, 0.2) is 29.0 Å². The third-order valence-electron chi connectivity index (χ3n) is 3.89. The second-order valence-electron chi connectivity index (χ2n) is 5.58. The van der Waals surface area contributed by atoms with Crippen molar-refractivity contribution in [2.45, 2.75) is 38.8 Å². The minimum atomic E-state index is -0.0305. The van der Waals surface area contributed by atoms with Crippen LogP contribution in [-0.4, -0.2) is 39.0 Å². The van der Waals surface area contributed by atoms with Crippen molar-refractivity contribution in [1.82, 2.24) is 25.2 Å². The summed E-state index contributed by atoms with van der Waals surface area (Å²) in [6, 6.07) is 3.78. The second kappa shape index (κ2) is 6.64. The van der Waals surface area contributed by atoms with Crippen molar-refractivity contribution in [3.05, 3.63) is 36.0 Å². The van der Waals surface area contributed by atoms with E-state index in [1.807, 2.05) is 34.8 Å². The van der Waals surface area contributed by atoms with Gasteiger partial charge in [0.1, 0.15) is 0 Å². The first-order valence-corrected chi connectivity index (χ1v) is 7.69. The lowest BCUT2D eigenvalue weighted by atomic mass is 10.1. The van der Waals surface area contributed by atoms with Gasteiger partial charge in [-0.1, -0.05) is 5.16 Å². The lowest BCUT2D eigenvalue weighted by Crippen LogP contribution is -2.40. The van der Waals surface area contributed by atoms with E-state index in [1.54, 1.807) is 6.20 Å². The summed E-state index contributed by atoms with van der Waals surface area (Å²) in [5.41, 5.74) is 0.849. The van der Waals surface area contributed by atoms with Gasteiger partial charge in [-0.05, 0) is 32.3 Å². The lowest BCUT2D eigenvalue weighted by Gasteiger charge is -2.23. The van der Waals surface area contributed by atoms with Gasteiger partial charge < -0.3 is 14.7 Å². The number of likely N-dealkylation sites (tertiary alicyclic amines) is 1. The molecular formula is C15H21N5O2. The van der Waals surface area contributed by atoms with Crippen LogP contribution in [0.25, 0.3) is 0 Å². The number of nitrogens with zero attached hydrogens (tertiary/aromatic N) is 4. The van der Waals surface area contributed by atoms with Crippen LogP contribution in [0.5, 0.6) is 0 Å². The molecule has 0 spiro atoms. The first-order valence-electron chi connectivity index (χ1n) is 7.69. The number of aromatic nitrogens is 3. The summed E-state index contributed by atoms with van der Waals surface area (Å²) in [5, 5.41) is 11.0. The predicted octanol–water partition coefficient (Wildman–Crippen LogP) is 2.12. The Morgan fingerprint density at radius 2 is 2.45 bits per heavy atom. The number of urea groups is 1. The molecule has 1 aliphatic heterocycles. The zero-order valence-electron chi connectivity index (χ0n) is 12.7. The highest BCUT2D eigenvalue weighted by Gasteiger charge is 2.32. The average Bonchev–Trinajstić information content (AvgIpc) is 3.23. The SMILES string of the molecule is Cc1cc(C2CCCN2C(=O)NCCCn2cccn2)on1. The molecule has 2 aromatic heterocycles. The second-order valence-corrected chi connectivity index (χ2v) is 5.58. The summed E-state index contributed by atoms with van der Waals surface area (Å²) in [6.45, 7) is 4.09. The molecule has 1 unspecified atom stereocenters. The Bertz CT molecular complexity index is 607. The number of carbonyl (C=O) groups is 1. The third-order valence-corrected chi connectivity index (χ3v) is 3.89. The van der Waals surface area contributed by atoms with E-state index in [4.69, 9.17) is 4.52 Å². The van der Waals surface area contributed by atoms with Crippen LogP contribution in [0.3, 0.4) is 0 Å². The molecule has 0 bridgehead atoms. The van der Waals surface area contributed by atoms with E-state index >= 15 is 0 Å². The molecule has 1 fully saturated rings. The fourth-order valence-electron chi connectivity index (χ4n) is 2.82. The van der Waals surface area contributed by atoms with Gasteiger partial charge in [0.05, 0.1) is 11.7 Å². The minimum Gasteiger partial charge on any atom is -0.359 e. The van der Waals surface area contributed by atoms with Crippen molar-refractivity contribution < 1.29 is 9.32 Å². The van der Waals surface area contributed by atoms with E-state index in [1.165, 1.54) is 0 Å². The highest BCUT2D eigenvalue weighted by molar-refractivity contribution is 5.74. The molecule has 1 N–H and O–H groups in total. The predicted molar refractivity (Wildman–Crippen MR) is 80.2 cm³/mol. The van der Waals surface area contributed by atoms with Crippen molar-refractivity contribution in [2.24, 2.45) is 0 Å². The van der Waals surface area contributed by atoms with E-state index in [2.05, 4.69) is 15.6 Å². The van der Waals surface area contributed by atoms with E-state index in [0.717, 1.165) is 43.8 Å². The molecule has 0 aromatic carbocycles. The van der Waals surface area contributed by atoms with Crippen molar-refractivity contribution in [2.75, 3.05) is 13.1 Å². The molecule has 2 amide bonds. The molecule has 2 aromatic rings. The molecule has 3 rings (SSSR count). The first kappa shape index (κ1) is 14.6. The number of carbonyl (C=O) groups excluding carboxylic acids is 1. The highest BCUT2D eigenvalue weighted by atomic mass is 16.5. The molecule has 0 aliphatic carbocycles. The van der Waals surface area contributed by atoms with E-state index in [0.29, 0.717) is 6.54 Å². The summed E-state index contributed by atoms with van der Waals surface area (Å²) in [5.74, 6) is 0.779. The Balaban J connectivity index is 1.48. The van der Waals surface area contributed by atoms with Crippen LogP contribution in [0.2, 0.25) is 0 Å². The van der Waals surface area contributed by atoms with E-state index in [9.17, 15) is 4.79 Å². The maximum atomic E-state index is 12.3. The summed E-state index contributed by atoms with van der Waals surface area (Å²) in [6.07, 6.45) is 6.45. The van der Waals surface area contributed by atoms with Gasteiger partial charge in [-0.15, -0.1) is 0 Å². The van der Waals surface area contributed by atoms with Crippen molar-refractivity contribution in [3.63, 3.8) is 0 Å². The number of hydrogen-bond donors (Lipinski definition) is 1. The lowest BCUT2D eigenvalue weighted by molar-refractivity contribution is 0.182. The number of amides is 2. The van der Waals surface area contributed by atoms with Gasteiger partial charge >= 0.3 is 6.03 Å². The maximum absolute atomic E-state index is 12.3. The quantitative estimate of drug-likeness (QED) is 0.858. The monoisotopic (exact) mass is 303 g/mol. The molecule has 0 saturated carbocycles. The van der Waals surface area contributed by atoms with Gasteiger partial charge in [-0.25, -0.2) is 4.79 Å². The smallest absolute Gasteiger partial charge is 0.318 e. The van der Waals surface area contributed by atoms with Gasteiger partial charge in [0.2, 0.25) is 0 Å². The molecule has 22 heavy (non-hydrogen) atoms. The molecule has 1 aliphatic rings. The molecule has 7 nitrogen and oxygen atoms in total. The van der Waals surface area contributed by atoms with E-state index < -0.39 is 0 Å².